The monoisotopic (exact) mass is 318 g/mol. The van der Waals surface area contributed by atoms with E-state index in [1.54, 1.807) is 19.1 Å². The van der Waals surface area contributed by atoms with Crippen LogP contribution in [0.25, 0.3) is 0 Å². The molecule has 0 unspecified atom stereocenters. The van der Waals surface area contributed by atoms with Crippen LogP contribution in [0.3, 0.4) is 0 Å². The van der Waals surface area contributed by atoms with Crippen molar-refractivity contribution in [2.45, 2.75) is 13.3 Å². The fourth-order valence-corrected chi connectivity index (χ4v) is 1.90. The van der Waals surface area contributed by atoms with E-state index in [4.69, 9.17) is 26.0 Å². The minimum Gasteiger partial charge on any atom is -0.493 e. The summed E-state index contributed by atoms with van der Waals surface area (Å²) >= 11 is 0. The molecule has 0 aliphatic carbocycles. The van der Waals surface area contributed by atoms with Crippen molar-refractivity contribution in [1.29, 1.82) is 0 Å². The Kier molecular flexibility index (Phi) is 5.19. The van der Waals surface area contributed by atoms with E-state index in [1.807, 2.05) is 0 Å². The van der Waals surface area contributed by atoms with Gasteiger partial charge < -0.3 is 26.0 Å². The average molecular weight is 318 g/mol. The molecule has 0 amide bonds. The molecule has 0 saturated carbocycles. The number of nitrogen functional groups attached to an aromatic ring is 2. The molecule has 23 heavy (non-hydrogen) atoms. The van der Waals surface area contributed by atoms with E-state index in [0.717, 1.165) is 0 Å². The first-order valence-corrected chi connectivity index (χ1v) is 6.96. The van der Waals surface area contributed by atoms with Gasteiger partial charge in [0.2, 0.25) is 5.95 Å². The van der Waals surface area contributed by atoms with Gasteiger partial charge in [0.25, 0.3) is 0 Å². The Balaban J connectivity index is 1.77. The standard InChI is InChI=1S/C15H18N4O4/c1-9-12(13(16)19-15(17)18-9)23-8-2-7-22-11-5-3-10(4-6-11)14(20)21/h3-6H,2,7-8H2,1H3,(H,20,21)(H4,16,17,18,19). The third kappa shape index (κ3) is 4.47. The van der Waals surface area contributed by atoms with Crippen LogP contribution >= 0.6 is 0 Å². The first-order valence-electron chi connectivity index (χ1n) is 6.96. The van der Waals surface area contributed by atoms with Crippen LogP contribution in [0.4, 0.5) is 11.8 Å². The minimum absolute atomic E-state index is 0.112. The van der Waals surface area contributed by atoms with Crippen molar-refractivity contribution in [3.63, 3.8) is 0 Å². The minimum atomic E-state index is -0.969. The van der Waals surface area contributed by atoms with Crippen molar-refractivity contribution in [3.8, 4) is 11.5 Å². The summed E-state index contributed by atoms with van der Waals surface area (Å²) in [6.07, 6.45) is 0.615. The number of aromatic nitrogens is 2. The van der Waals surface area contributed by atoms with Crippen LogP contribution < -0.4 is 20.9 Å². The summed E-state index contributed by atoms with van der Waals surface area (Å²) in [5, 5.41) is 8.81. The van der Waals surface area contributed by atoms with Crippen LogP contribution in [0, 0.1) is 6.92 Å². The molecular formula is C15H18N4O4. The Morgan fingerprint density at radius 1 is 1.13 bits per heavy atom. The molecule has 2 aromatic rings. The van der Waals surface area contributed by atoms with Gasteiger partial charge in [-0.2, -0.15) is 4.98 Å². The second-order valence-corrected chi connectivity index (χ2v) is 4.76. The van der Waals surface area contributed by atoms with E-state index in [9.17, 15) is 4.79 Å². The zero-order chi connectivity index (χ0) is 16.8. The lowest BCUT2D eigenvalue weighted by molar-refractivity contribution is 0.0697. The van der Waals surface area contributed by atoms with Gasteiger partial charge in [0.15, 0.2) is 11.6 Å². The summed E-state index contributed by atoms with van der Waals surface area (Å²) in [5.41, 5.74) is 12.0. The smallest absolute Gasteiger partial charge is 0.335 e. The molecule has 0 bridgehead atoms. The topological polar surface area (TPSA) is 134 Å². The van der Waals surface area contributed by atoms with E-state index in [2.05, 4.69) is 9.97 Å². The summed E-state index contributed by atoms with van der Waals surface area (Å²) in [6.45, 7) is 2.54. The highest BCUT2D eigenvalue weighted by Gasteiger charge is 2.09. The number of carbonyl (C=O) groups is 1. The number of benzene rings is 1. The summed E-state index contributed by atoms with van der Waals surface area (Å²) in [6, 6.07) is 6.20. The molecule has 0 aliphatic heterocycles. The van der Waals surface area contributed by atoms with Gasteiger partial charge in [-0.1, -0.05) is 0 Å². The highest BCUT2D eigenvalue weighted by atomic mass is 16.5. The number of aryl methyl sites for hydroxylation is 1. The average Bonchev–Trinajstić information content (AvgIpc) is 2.49. The number of rotatable bonds is 7. The number of carboxylic acid groups (broad SMARTS) is 1. The second kappa shape index (κ2) is 7.30. The molecule has 1 aromatic heterocycles. The Hall–Kier alpha value is -3.03. The SMILES string of the molecule is Cc1nc(N)nc(N)c1OCCCOc1ccc(C(=O)O)cc1. The van der Waals surface area contributed by atoms with Crippen LogP contribution in [-0.2, 0) is 0 Å². The van der Waals surface area contributed by atoms with E-state index in [1.165, 1.54) is 12.1 Å². The highest BCUT2D eigenvalue weighted by Crippen LogP contribution is 2.23. The molecule has 1 heterocycles. The normalized spacial score (nSPS) is 10.3. The number of aromatic carboxylic acids is 1. The second-order valence-electron chi connectivity index (χ2n) is 4.76. The molecule has 8 nitrogen and oxygen atoms in total. The third-order valence-corrected chi connectivity index (χ3v) is 2.98. The highest BCUT2D eigenvalue weighted by molar-refractivity contribution is 5.87. The molecule has 0 saturated heterocycles. The summed E-state index contributed by atoms with van der Waals surface area (Å²) in [5.74, 6) is 0.371. The zero-order valence-electron chi connectivity index (χ0n) is 12.7. The molecule has 122 valence electrons. The van der Waals surface area contributed by atoms with Crippen LogP contribution in [0.1, 0.15) is 22.5 Å². The fourth-order valence-electron chi connectivity index (χ4n) is 1.90. The first kappa shape index (κ1) is 16.3. The number of hydrogen-bond acceptors (Lipinski definition) is 7. The van der Waals surface area contributed by atoms with Crippen LogP contribution in [0.15, 0.2) is 24.3 Å². The Bertz CT molecular complexity index is 665. The number of anilines is 2. The number of ether oxygens (including phenoxy) is 2. The van der Waals surface area contributed by atoms with Crippen molar-refractivity contribution in [3.05, 3.63) is 35.5 Å². The van der Waals surface area contributed by atoms with Gasteiger partial charge in [-0.05, 0) is 31.2 Å². The number of hydrogen-bond donors (Lipinski definition) is 3. The van der Waals surface area contributed by atoms with Crippen molar-refractivity contribution >= 4 is 17.7 Å². The van der Waals surface area contributed by atoms with Crippen LogP contribution in [0.2, 0.25) is 0 Å². The van der Waals surface area contributed by atoms with E-state index < -0.39 is 5.97 Å². The lowest BCUT2D eigenvalue weighted by Gasteiger charge is -2.11. The van der Waals surface area contributed by atoms with Gasteiger partial charge in [-0.15, -0.1) is 0 Å². The Morgan fingerprint density at radius 2 is 1.78 bits per heavy atom. The summed E-state index contributed by atoms with van der Waals surface area (Å²) in [7, 11) is 0. The van der Waals surface area contributed by atoms with Gasteiger partial charge >= 0.3 is 5.97 Å². The number of nitrogens with two attached hydrogens (primary N) is 2. The van der Waals surface area contributed by atoms with Crippen molar-refractivity contribution in [2.24, 2.45) is 0 Å². The van der Waals surface area contributed by atoms with Gasteiger partial charge in [-0.25, -0.2) is 9.78 Å². The zero-order valence-corrected chi connectivity index (χ0v) is 12.7. The predicted molar refractivity (Wildman–Crippen MR) is 84.6 cm³/mol. The lowest BCUT2D eigenvalue weighted by Crippen LogP contribution is -2.10. The first-order chi connectivity index (χ1) is 11.0. The van der Waals surface area contributed by atoms with Gasteiger partial charge in [0.1, 0.15) is 5.75 Å². The Morgan fingerprint density at radius 3 is 2.39 bits per heavy atom. The molecule has 1 aromatic carbocycles. The van der Waals surface area contributed by atoms with Gasteiger partial charge in [0.05, 0.1) is 24.5 Å². The molecule has 0 fully saturated rings. The molecule has 0 spiro atoms. The maximum absolute atomic E-state index is 10.7. The van der Waals surface area contributed by atoms with Crippen molar-refractivity contribution in [1.82, 2.24) is 9.97 Å². The lowest BCUT2D eigenvalue weighted by atomic mass is 10.2. The molecule has 0 aliphatic rings. The van der Waals surface area contributed by atoms with Crippen molar-refractivity contribution < 1.29 is 19.4 Å². The third-order valence-electron chi connectivity index (χ3n) is 2.98. The van der Waals surface area contributed by atoms with E-state index in [0.29, 0.717) is 36.8 Å². The molecule has 5 N–H and O–H groups in total. The quantitative estimate of drug-likeness (QED) is 0.654. The van der Waals surface area contributed by atoms with E-state index in [-0.39, 0.29) is 17.3 Å². The molecular weight excluding hydrogens is 300 g/mol. The number of carboxylic acids is 1. The van der Waals surface area contributed by atoms with Crippen LogP contribution in [-0.4, -0.2) is 34.3 Å². The maximum atomic E-state index is 10.7. The fraction of sp³-hybridized carbons (Fsp3) is 0.267. The van der Waals surface area contributed by atoms with Gasteiger partial charge in [-0.3, -0.25) is 0 Å². The molecule has 0 radical (unpaired) electrons. The maximum Gasteiger partial charge on any atom is 0.335 e. The number of nitrogens with zero attached hydrogens (tertiary/aromatic N) is 2. The molecule has 0 atom stereocenters. The molecule has 2 rings (SSSR count). The van der Waals surface area contributed by atoms with Gasteiger partial charge in [0, 0.05) is 6.42 Å². The molecule has 8 heteroatoms. The largest absolute Gasteiger partial charge is 0.493 e. The van der Waals surface area contributed by atoms with Crippen molar-refractivity contribution in [2.75, 3.05) is 24.7 Å². The van der Waals surface area contributed by atoms with E-state index >= 15 is 0 Å². The Labute approximate surface area is 133 Å². The summed E-state index contributed by atoms with van der Waals surface area (Å²) < 4.78 is 11.1. The van der Waals surface area contributed by atoms with Crippen LogP contribution in [0.5, 0.6) is 11.5 Å². The summed E-state index contributed by atoms with van der Waals surface area (Å²) in [4.78, 5) is 18.6. The predicted octanol–water partition coefficient (Wildman–Crippen LogP) is 1.50.